The Labute approximate surface area is 159 Å². The molecule has 0 aromatic carbocycles. The van der Waals surface area contributed by atoms with Gasteiger partial charge in [0, 0.05) is 19.3 Å². The van der Waals surface area contributed by atoms with Gasteiger partial charge in [-0.15, -0.1) is 0 Å². The van der Waals surface area contributed by atoms with Crippen molar-refractivity contribution in [1.29, 1.82) is 0 Å². The maximum absolute atomic E-state index is 12.7. The number of aromatic nitrogens is 1. The van der Waals surface area contributed by atoms with Crippen LogP contribution in [0.3, 0.4) is 0 Å². The molecule has 2 unspecified atom stereocenters. The molecule has 2 fully saturated rings. The first kappa shape index (κ1) is 19.6. The Morgan fingerprint density at radius 2 is 2.00 bits per heavy atom. The van der Waals surface area contributed by atoms with Gasteiger partial charge >= 0.3 is 5.97 Å². The number of piperidine rings is 1. The topological polar surface area (TPSA) is 76.6 Å². The number of sulfonamides is 1. The zero-order chi connectivity index (χ0) is 18.7. The van der Waals surface area contributed by atoms with Crippen LogP contribution < -0.4 is 0 Å². The lowest BCUT2D eigenvalue weighted by Gasteiger charge is -2.32. The Morgan fingerprint density at radius 1 is 1.27 bits per heavy atom. The highest BCUT2D eigenvalue weighted by molar-refractivity contribution is 7.89. The smallest absolute Gasteiger partial charge is 0.309 e. The van der Waals surface area contributed by atoms with Gasteiger partial charge in [0.1, 0.15) is 16.2 Å². The molecule has 1 aromatic rings. The van der Waals surface area contributed by atoms with Gasteiger partial charge in [0.15, 0.2) is 0 Å². The molecule has 1 aliphatic carbocycles. The van der Waals surface area contributed by atoms with Crippen molar-refractivity contribution in [1.82, 2.24) is 9.29 Å². The molecule has 2 heterocycles. The number of carbonyl (C=O) groups is 1. The summed E-state index contributed by atoms with van der Waals surface area (Å²) < 4.78 is 32.5. The second-order valence-electron chi connectivity index (χ2n) is 7.30. The first-order valence-electron chi connectivity index (χ1n) is 9.19. The van der Waals surface area contributed by atoms with E-state index in [1.165, 1.54) is 23.0 Å². The van der Waals surface area contributed by atoms with E-state index in [2.05, 4.69) is 11.9 Å². The molecule has 0 N–H and O–H groups in total. The van der Waals surface area contributed by atoms with Crippen molar-refractivity contribution in [2.75, 3.05) is 13.1 Å². The number of hydrogen-bond donors (Lipinski definition) is 0. The first-order chi connectivity index (χ1) is 12.4. The summed E-state index contributed by atoms with van der Waals surface area (Å²) in [5.41, 5.74) is 0. The molecule has 1 aliphatic heterocycles. The van der Waals surface area contributed by atoms with E-state index in [4.69, 9.17) is 16.3 Å². The maximum atomic E-state index is 12.7. The molecule has 2 atom stereocenters. The minimum absolute atomic E-state index is 0.0129. The van der Waals surface area contributed by atoms with Gasteiger partial charge in [0.25, 0.3) is 0 Å². The third kappa shape index (κ3) is 4.38. The summed E-state index contributed by atoms with van der Waals surface area (Å²) in [6.45, 7) is 2.76. The fourth-order valence-electron chi connectivity index (χ4n) is 3.78. The van der Waals surface area contributed by atoms with Crippen LogP contribution in [0.4, 0.5) is 0 Å². The van der Waals surface area contributed by atoms with Crippen LogP contribution in [0.25, 0.3) is 0 Å². The van der Waals surface area contributed by atoms with E-state index < -0.39 is 10.0 Å². The Kier molecular flexibility index (Phi) is 6.20. The van der Waals surface area contributed by atoms with Crippen LogP contribution in [0.1, 0.15) is 45.4 Å². The van der Waals surface area contributed by atoms with Crippen molar-refractivity contribution in [3.63, 3.8) is 0 Å². The van der Waals surface area contributed by atoms with Crippen molar-refractivity contribution in [2.45, 2.75) is 56.4 Å². The highest BCUT2D eigenvalue weighted by Gasteiger charge is 2.35. The molecule has 1 aromatic heterocycles. The molecule has 0 spiro atoms. The number of carbonyl (C=O) groups excluding carboxylic acids is 1. The number of rotatable bonds is 4. The van der Waals surface area contributed by atoms with Gasteiger partial charge in [-0.05, 0) is 50.2 Å². The molecule has 2 aliphatic rings. The molecule has 6 nitrogen and oxygen atoms in total. The Bertz CT molecular complexity index is 747. The Morgan fingerprint density at radius 3 is 2.65 bits per heavy atom. The molecule has 1 saturated carbocycles. The molecular weight excluding hydrogens is 376 g/mol. The molecule has 1 saturated heterocycles. The summed E-state index contributed by atoms with van der Waals surface area (Å²) >= 11 is 5.94. The van der Waals surface area contributed by atoms with E-state index in [1.807, 2.05) is 0 Å². The lowest BCUT2D eigenvalue weighted by atomic mass is 9.88. The van der Waals surface area contributed by atoms with Crippen molar-refractivity contribution < 1.29 is 17.9 Å². The zero-order valence-electron chi connectivity index (χ0n) is 14.9. The monoisotopic (exact) mass is 400 g/mol. The number of nitrogens with zero attached hydrogens (tertiary/aromatic N) is 2. The lowest BCUT2D eigenvalue weighted by molar-refractivity contribution is -0.157. The minimum atomic E-state index is -3.69. The van der Waals surface area contributed by atoms with Crippen molar-refractivity contribution in [3.8, 4) is 0 Å². The fourth-order valence-corrected chi connectivity index (χ4v) is 5.68. The Hall–Kier alpha value is -1.18. The van der Waals surface area contributed by atoms with Crippen LogP contribution in [0.15, 0.2) is 23.2 Å². The van der Waals surface area contributed by atoms with Crippen molar-refractivity contribution in [2.24, 2.45) is 11.8 Å². The molecule has 0 radical (unpaired) electrons. The van der Waals surface area contributed by atoms with Crippen LogP contribution in [0.2, 0.25) is 5.15 Å². The summed E-state index contributed by atoms with van der Waals surface area (Å²) in [5.74, 6) is 0.182. The van der Waals surface area contributed by atoms with E-state index in [-0.39, 0.29) is 41.1 Å². The SMILES string of the molecule is CC1CCCC(OC(=O)C2CCN(S(=O)(=O)c3cccnc3Cl)CC2)C1. The zero-order valence-corrected chi connectivity index (χ0v) is 16.5. The third-order valence-electron chi connectivity index (χ3n) is 5.30. The summed E-state index contributed by atoms with van der Waals surface area (Å²) in [4.78, 5) is 16.3. The molecule has 0 amide bonds. The van der Waals surface area contributed by atoms with Gasteiger partial charge in [0.2, 0.25) is 10.0 Å². The van der Waals surface area contributed by atoms with Gasteiger partial charge in [-0.25, -0.2) is 13.4 Å². The van der Waals surface area contributed by atoms with Gasteiger partial charge < -0.3 is 4.74 Å². The summed E-state index contributed by atoms with van der Waals surface area (Å²) in [6, 6.07) is 3.00. The predicted molar refractivity (Wildman–Crippen MR) is 98.2 cm³/mol. The van der Waals surface area contributed by atoms with Crippen LogP contribution in [-0.2, 0) is 19.6 Å². The van der Waals surface area contributed by atoms with E-state index in [9.17, 15) is 13.2 Å². The van der Waals surface area contributed by atoms with E-state index in [0.29, 0.717) is 18.8 Å². The number of pyridine rings is 1. The third-order valence-corrected chi connectivity index (χ3v) is 7.64. The fraction of sp³-hybridized carbons (Fsp3) is 0.667. The molecule has 3 rings (SSSR count). The summed E-state index contributed by atoms with van der Waals surface area (Å²) in [5, 5.41) is -0.0274. The van der Waals surface area contributed by atoms with E-state index in [0.717, 1.165) is 19.3 Å². The van der Waals surface area contributed by atoms with Crippen molar-refractivity contribution in [3.05, 3.63) is 23.5 Å². The molecular formula is C18H25ClN2O4S. The van der Waals surface area contributed by atoms with Gasteiger partial charge in [-0.2, -0.15) is 4.31 Å². The van der Waals surface area contributed by atoms with Crippen LogP contribution in [0.5, 0.6) is 0 Å². The highest BCUT2D eigenvalue weighted by Crippen LogP contribution is 2.30. The highest BCUT2D eigenvalue weighted by atomic mass is 35.5. The largest absolute Gasteiger partial charge is 0.462 e. The minimum Gasteiger partial charge on any atom is -0.462 e. The van der Waals surface area contributed by atoms with Gasteiger partial charge in [0.05, 0.1) is 5.92 Å². The molecule has 8 heteroatoms. The van der Waals surface area contributed by atoms with Crippen LogP contribution in [0, 0.1) is 11.8 Å². The maximum Gasteiger partial charge on any atom is 0.309 e. The number of esters is 1. The number of hydrogen-bond acceptors (Lipinski definition) is 5. The summed E-state index contributed by atoms with van der Waals surface area (Å²) in [7, 11) is -3.69. The van der Waals surface area contributed by atoms with Crippen LogP contribution in [-0.4, -0.2) is 42.9 Å². The predicted octanol–water partition coefficient (Wildman–Crippen LogP) is 3.26. The van der Waals surface area contributed by atoms with E-state index in [1.54, 1.807) is 6.07 Å². The number of ether oxygens (including phenoxy) is 1. The van der Waals surface area contributed by atoms with Gasteiger partial charge in [-0.3, -0.25) is 4.79 Å². The Balaban J connectivity index is 1.57. The first-order valence-corrected chi connectivity index (χ1v) is 11.0. The second-order valence-corrected chi connectivity index (χ2v) is 9.57. The second kappa shape index (κ2) is 8.23. The van der Waals surface area contributed by atoms with Gasteiger partial charge in [-0.1, -0.05) is 24.9 Å². The average molecular weight is 401 g/mol. The quantitative estimate of drug-likeness (QED) is 0.572. The van der Waals surface area contributed by atoms with Crippen LogP contribution >= 0.6 is 11.6 Å². The average Bonchev–Trinajstić information content (AvgIpc) is 2.62. The van der Waals surface area contributed by atoms with E-state index >= 15 is 0 Å². The molecule has 0 bridgehead atoms. The lowest BCUT2D eigenvalue weighted by Crippen LogP contribution is -2.41. The standard InChI is InChI=1S/C18H25ClN2O4S/c1-13-4-2-5-15(12-13)25-18(22)14-7-10-21(11-8-14)26(23,24)16-6-3-9-20-17(16)19/h3,6,9,13-15H,2,4-5,7-8,10-12H2,1H3. The normalized spacial score (nSPS) is 25.8. The molecule has 26 heavy (non-hydrogen) atoms. The van der Waals surface area contributed by atoms with Crippen molar-refractivity contribution >= 4 is 27.6 Å². The number of halogens is 1. The summed E-state index contributed by atoms with van der Waals surface area (Å²) in [6.07, 6.45) is 6.57. The molecule has 144 valence electrons.